The third kappa shape index (κ3) is 3.27. The SMILES string of the molecule is C=C(C)Cn1nc(C(C)O)nc1-c1cc(C)nn1C(C)(C)C. The van der Waals surface area contributed by atoms with Crippen molar-refractivity contribution in [3.05, 3.63) is 29.7 Å². The molecule has 120 valence electrons. The Hall–Kier alpha value is -1.95. The molecule has 6 nitrogen and oxygen atoms in total. The van der Waals surface area contributed by atoms with Gasteiger partial charge in [0, 0.05) is 0 Å². The van der Waals surface area contributed by atoms with Gasteiger partial charge in [-0.15, -0.1) is 0 Å². The van der Waals surface area contributed by atoms with E-state index in [1.54, 1.807) is 11.6 Å². The van der Waals surface area contributed by atoms with E-state index in [0.717, 1.165) is 17.0 Å². The van der Waals surface area contributed by atoms with Crippen LogP contribution in [0.3, 0.4) is 0 Å². The number of aliphatic hydroxyl groups excluding tert-OH is 1. The summed E-state index contributed by atoms with van der Waals surface area (Å²) in [5, 5.41) is 18.8. The third-order valence-corrected chi connectivity index (χ3v) is 3.18. The molecule has 1 atom stereocenters. The molecule has 0 aliphatic heterocycles. The van der Waals surface area contributed by atoms with Gasteiger partial charge in [0.2, 0.25) is 0 Å². The van der Waals surface area contributed by atoms with Gasteiger partial charge in [0.25, 0.3) is 0 Å². The fourth-order valence-corrected chi connectivity index (χ4v) is 2.26. The van der Waals surface area contributed by atoms with Crippen molar-refractivity contribution in [2.24, 2.45) is 0 Å². The van der Waals surface area contributed by atoms with E-state index in [9.17, 15) is 5.11 Å². The number of aromatic nitrogens is 5. The Kier molecular flexibility index (Phi) is 4.24. The lowest BCUT2D eigenvalue weighted by molar-refractivity contribution is 0.188. The molecule has 0 saturated heterocycles. The fourth-order valence-electron chi connectivity index (χ4n) is 2.26. The molecule has 0 amide bonds. The van der Waals surface area contributed by atoms with Crippen molar-refractivity contribution in [3.63, 3.8) is 0 Å². The highest BCUT2D eigenvalue weighted by molar-refractivity contribution is 5.51. The van der Waals surface area contributed by atoms with Crippen molar-refractivity contribution in [1.82, 2.24) is 24.5 Å². The maximum Gasteiger partial charge on any atom is 0.179 e. The zero-order chi connectivity index (χ0) is 16.7. The van der Waals surface area contributed by atoms with Gasteiger partial charge in [-0.3, -0.25) is 4.68 Å². The lowest BCUT2D eigenvalue weighted by Crippen LogP contribution is -2.25. The summed E-state index contributed by atoms with van der Waals surface area (Å²) in [6.07, 6.45) is -0.711. The Bertz CT molecular complexity index is 688. The predicted molar refractivity (Wildman–Crippen MR) is 86.4 cm³/mol. The van der Waals surface area contributed by atoms with E-state index >= 15 is 0 Å². The second-order valence-electron chi connectivity index (χ2n) is 6.84. The van der Waals surface area contributed by atoms with E-state index in [-0.39, 0.29) is 5.54 Å². The number of allylic oxidation sites excluding steroid dienone is 1. The van der Waals surface area contributed by atoms with E-state index in [1.165, 1.54) is 0 Å². The monoisotopic (exact) mass is 303 g/mol. The van der Waals surface area contributed by atoms with Gasteiger partial charge in [0.15, 0.2) is 11.6 Å². The highest BCUT2D eigenvalue weighted by atomic mass is 16.3. The quantitative estimate of drug-likeness (QED) is 0.882. The minimum Gasteiger partial charge on any atom is -0.385 e. The molecule has 0 aliphatic rings. The van der Waals surface area contributed by atoms with Crippen LogP contribution < -0.4 is 0 Å². The molecular formula is C16H25N5O. The van der Waals surface area contributed by atoms with Gasteiger partial charge in [-0.1, -0.05) is 12.2 Å². The molecule has 2 aromatic heterocycles. The average molecular weight is 303 g/mol. The molecule has 1 N–H and O–H groups in total. The second-order valence-corrected chi connectivity index (χ2v) is 6.84. The van der Waals surface area contributed by atoms with Crippen LogP contribution in [0.15, 0.2) is 18.2 Å². The van der Waals surface area contributed by atoms with Crippen molar-refractivity contribution < 1.29 is 5.11 Å². The lowest BCUT2D eigenvalue weighted by atomic mass is 10.1. The molecule has 0 spiro atoms. The highest BCUT2D eigenvalue weighted by Crippen LogP contribution is 2.26. The Balaban J connectivity index is 2.63. The molecule has 2 rings (SSSR count). The number of aryl methyl sites for hydroxylation is 1. The maximum absolute atomic E-state index is 9.79. The maximum atomic E-state index is 9.79. The van der Waals surface area contributed by atoms with Gasteiger partial charge in [-0.05, 0) is 47.6 Å². The van der Waals surface area contributed by atoms with E-state index < -0.39 is 6.10 Å². The molecule has 1 unspecified atom stereocenters. The Morgan fingerprint density at radius 2 is 2.00 bits per heavy atom. The summed E-state index contributed by atoms with van der Waals surface area (Å²) in [7, 11) is 0. The summed E-state index contributed by atoms with van der Waals surface area (Å²) in [6, 6.07) is 2.00. The molecule has 22 heavy (non-hydrogen) atoms. The van der Waals surface area contributed by atoms with Crippen LogP contribution in [0.4, 0.5) is 0 Å². The van der Waals surface area contributed by atoms with Crippen LogP contribution >= 0.6 is 0 Å². The second kappa shape index (κ2) is 5.68. The van der Waals surface area contributed by atoms with Crippen LogP contribution in [0.5, 0.6) is 0 Å². The lowest BCUT2D eigenvalue weighted by Gasteiger charge is -2.22. The minimum atomic E-state index is -0.711. The number of hydrogen-bond acceptors (Lipinski definition) is 4. The highest BCUT2D eigenvalue weighted by Gasteiger charge is 2.24. The molecular weight excluding hydrogens is 278 g/mol. The van der Waals surface area contributed by atoms with Crippen molar-refractivity contribution in [1.29, 1.82) is 0 Å². The number of aliphatic hydroxyl groups is 1. The molecule has 0 fully saturated rings. The van der Waals surface area contributed by atoms with Crippen LogP contribution in [0, 0.1) is 6.92 Å². The normalized spacial score (nSPS) is 13.4. The molecule has 2 aromatic rings. The standard InChI is InChI=1S/C16H25N5O/c1-10(2)9-20-15(17-14(19-20)12(4)22)13-8-11(3)18-21(13)16(5,6)7/h8,12,22H,1,9H2,2-7H3. The van der Waals surface area contributed by atoms with E-state index in [2.05, 4.69) is 42.5 Å². The first-order valence-corrected chi connectivity index (χ1v) is 7.44. The summed E-state index contributed by atoms with van der Waals surface area (Å²) in [5.74, 6) is 1.12. The minimum absolute atomic E-state index is 0.172. The molecule has 0 aliphatic carbocycles. The third-order valence-electron chi connectivity index (χ3n) is 3.18. The molecule has 6 heteroatoms. The fraction of sp³-hybridized carbons (Fsp3) is 0.562. The largest absolute Gasteiger partial charge is 0.385 e. The Morgan fingerprint density at radius 3 is 2.50 bits per heavy atom. The van der Waals surface area contributed by atoms with Crippen LogP contribution in [-0.4, -0.2) is 29.7 Å². The summed E-state index contributed by atoms with van der Waals surface area (Å²) in [4.78, 5) is 4.52. The first-order valence-electron chi connectivity index (χ1n) is 7.44. The van der Waals surface area contributed by atoms with Gasteiger partial charge >= 0.3 is 0 Å². The van der Waals surface area contributed by atoms with E-state index in [1.807, 2.05) is 24.6 Å². The van der Waals surface area contributed by atoms with Crippen molar-refractivity contribution in [2.75, 3.05) is 0 Å². The van der Waals surface area contributed by atoms with Gasteiger partial charge in [-0.2, -0.15) is 10.2 Å². The number of nitrogens with zero attached hydrogens (tertiary/aromatic N) is 5. The topological polar surface area (TPSA) is 68.8 Å². The summed E-state index contributed by atoms with van der Waals surface area (Å²) in [5.41, 5.74) is 2.62. The Labute approximate surface area is 131 Å². The first kappa shape index (κ1) is 16.4. The number of rotatable bonds is 4. The van der Waals surface area contributed by atoms with Crippen molar-refractivity contribution in [2.45, 2.75) is 59.7 Å². The smallest absolute Gasteiger partial charge is 0.179 e. The van der Waals surface area contributed by atoms with E-state index in [4.69, 9.17) is 0 Å². The predicted octanol–water partition coefficient (Wildman–Crippen LogP) is 2.83. The van der Waals surface area contributed by atoms with Crippen molar-refractivity contribution in [3.8, 4) is 11.5 Å². The summed E-state index contributed by atoms with van der Waals surface area (Å²) in [6.45, 7) is 16.4. The molecule has 0 saturated carbocycles. The van der Waals surface area contributed by atoms with Crippen LogP contribution in [0.1, 0.15) is 52.2 Å². The van der Waals surface area contributed by atoms with E-state index in [0.29, 0.717) is 18.2 Å². The summed E-state index contributed by atoms with van der Waals surface area (Å²) < 4.78 is 3.73. The van der Waals surface area contributed by atoms with Crippen LogP contribution in [0.2, 0.25) is 0 Å². The van der Waals surface area contributed by atoms with Crippen molar-refractivity contribution >= 4 is 0 Å². The van der Waals surface area contributed by atoms with Gasteiger partial charge < -0.3 is 5.11 Å². The zero-order valence-corrected chi connectivity index (χ0v) is 14.3. The Morgan fingerprint density at radius 1 is 1.36 bits per heavy atom. The molecule has 2 heterocycles. The number of hydrogen-bond donors (Lipinski definition) is 1. The molecule has 0 radical (unpaired) electrons. The van der Waals surface area contributed by atoms with Gasteiger partial charge in [0.1, 0.15) is 11.8 Å². The van der Waals surface area contributed by atoms with Crippen LogP contribution in [-0.2, 0) is 12.1 Å². The molecule has 0 bridgehead atoms. The zero-order valence-electron chi connectivity index (χ0n) is 14.3. The summed E-state index contributed by atoms with van der Waals surface area (Å²) >= 11 is 0. The average Bonchev–Trinajstić information content (AvgIpc) is 2.91. The van der Waals surface area contributed by atoms with Crippen LogP contribution in [0.25, 0.3) is 11.5 Å². The first-order chi connectivity index (χ1) is 10.1. The van der Waals surface area contributed by atoms with Gasteiger partial charge in [-0.25, -0.2) is 9.67 Å². The molecule has 0 aromatic carbocycles. The van der Waals surface area contributed by atoms with Gasteiger partial charge in [0.05, 0.1) is 17.8 Å².